The Labute approximate surface area is 117 Å². The van der Waals surface area contributed by atoms with Crippen molar-refractivity contribution in [3.8, 4) is 0 Å². The van der Waals surface area contributed by atoms with Gasteiger partial charge in [-0.2, -0.15) is 0 Å². The van der Waals surface area contributed by atoms with Crippen LogP contribution in [-0.4, -0.2) is 27.8 Å². The Bertz CT molecular complexity index is 198. The van der Waals surface area contributed by atoms with Crippen LogP contribution >= 0.6 is 11.1 Å². The molecule has 0 aromatic carbocycles. The first-order valence-electron chi connectivity index (χ1n) is 7.37. The van der Waals surface area contributed by atoms with E-state index >= 15 is 0 Å². The second kappa shape index (κ2) is 8.54. The van der Waals surface area contributed by atoms with Crippen LogP contribution in [0.3, 0.4) is 0 Å². The quantitative estimate of drug-likeness (QED) is 0.427. The fraction of sp³-hybridized carbons (Fsp3) is 1.00. The molecule has 0 aliphatic heterocycles. The largest absolute Gasteiger partial charge is 0.362 e. The van der Waals surface area contributed by atoms with Gasteiger partial charge >= 0.3 is 0 Å². The van der Waals surface area contributed by atoms with E-state index in [1.54, 1.807) is 0 Å². The van der Waals surface area contributed by atoms with Crippen LogP contribution in [0, 0.1) is 0 Å². The molecule has 0 radical (unpaired) electrons. The molecule has 0 heterocycles. The molecule has 3 nitrogen and oxygen atoms in total. The van der Waals surface area contributed by atoms with Crippen LogP contribution in [0.4, 0.5) is 0 Å². The molecule has 5 heteroatoms. The SMILES string of the molecule is Cl[SiH2]OC(OC1CCCCC1)OC1CCCCC1. The first-order chi connectivity index (χ1) is 8.88. The van der Waals surface area contributed by atoms with Crippen molar-refractivity contribution in [3.05, 3.63) is 0 Å². The first-order valence-corrected chi connectivity index (χ1v) is 10.1. The highest BCUT2D eigenvalue weighted by atomic mass is 35.6. The molecule has 0 spiro atoms. The lowest BCUT2D eigenvalue weighted by Crippen LogP contribution is -2.33. The lowest BCUT2D eigenvalue weighted by Gasteiger charge is -2.31. The smallest absolute Gasteiger partial charge is 0.264 e. The molecule has 2 aliphatic carbocycles. The van der Waals surface area contributed by atoms with Gasteiger partial charge in [0.1, 0.15) is 0 Å². The zero-order valence-electron chi connectivity index (χ0n) is 11.1. The lowest BCUT2D eigenvalue weighted by atomic mass is 9.97. The molecule has 106 valence electrons. The minimum atomic E-state index is -1.00. The maximum atomic E-state index is 5.94. The van der Waals surface area contributed by atoms with Gasteiger partial charge in [-0.05, 0) is 25.7 Å². The van der Waals surface area contributed by atoms with Crippen molar-refractivity contribution in [2.45, 2.75) is 82.9 Å². The average molecular weight is 293 g/mol. The number of rotatable bonds is 6. The Kier molecular flexibility index (Phi) is 7.01. The molecule has 0 saturated heterocycles. The van der Waals surface area contributed by atoms with Crippen molar-refractivity contribution in [1.82, 2.24) is 0 Å². The van der Waals surface area contributed by atoms with Crippen LogP contribution in [0.5, 0.6) is 0 Å². The third-order valence-corrected chi connectivity index (χ3v) is 4.69. The predicted octanol–water partition coefficient (Wildman–Crippen LogP) is 3.22. The van der Waals surface area contributed by atoms with Gasteiger partial charge in [0.2, 0.25) is 0 Å². The van der Waals surface area contributed by atoms with E-state index in [1.165, 1.54) is 38.5 Å². The van der Waals surface area contributed by atoms with Gasteiger partial charge in [0, 0.05) is 0 Å². The summed E-state index contributed by atoms with van der Waals surface area (Å²) < 4.78 is 17.4. The van der Waals surface area contributed by atoms with Crippen molar-refractivity contribution >= 4 is 20.2 Å². The maximum Gasteiger partial charge on any atom is 0.264 e. The van der Waals surface area contributed by atoms with Crippen molar-refractivity contribution in [3.63, 3.8) is 0 Å². The van der Waals surface area contributed by atoms with Gasteiger partial charge in [0.25, 0.3) is 15.5 Å². The van der Waals surface area contributed by atoms with E-state index in [9.17, 15) is 0 Å². The Balaban J connectivity index is 1.74. The molecular formula is C13H25ClO3Si. The molecule has 2 saturated carbocycles. The summed E-state index contributed by atoms with van der Waals surface area (Å²) in [6.45, 7) is -0.500. The molecule has 0 bridgehead atoms. The highest BCUT2D eigenvalue weighted by Crippen LogP contribution is 2.25. The molecular weight excluding hydrogens is 268 g/mol. The summed E-state index contributed by atoms with van der Waals surface area (Å²) in [5.74, 6) is 0. The molecule has 18 heavy (non-hydrogen) atoms. The Morgan fingerprint density at radius 1 is 0.778 bits per heavy atom. The van der Waals surface area contributed by atoms with E-state index in [2.05, 4.69) is 0 Å². The van der Waals surface area contributed by atoms with Gasteiger partial charge in [0.15, 0.2) is 0 Å². The molecule has 0 N–H and O–H groups in total. The van der Waals surface area contributed by atoms with Gasteiger partial charge in [0.05, 0.1) is 12.2 Å². The highest BCUT2D eigenvalue weighted by Gasteiger charge is 2.24. The van der Waals surface area contributed by atoms with E-state index in [-0.39, 0.29) is 0 Å². The first kappa shape index (κ1) is 14.8. The molecule has 0 amide bonds. The summed E-state index contributed by atoms with van der Waals surface area (Å²) in [6.07, 6.45) is 12.9. The van der Waals surface area contributed by atoms with E-state index in [1.807, 2.05) is 0 Å². The van der Waals surface area contributed by atoms with Crippen LogP contribution in [0.1, 0.15) is 64.2 Å². The average Bonchev–Trinajstić information content (AvgIpc) is 2.41. The van der Waals surface area contributed by atoms with Crippen LogP contribution in [0.25, 0.3) is 0 Å². The Morgan fingerprint density at radius 3 is 1.61 bits per heavy atom. The normalized spacial score (nSPS) is 24.3. The van der Waals surface area contributed by atoms with Gasteiger partial charge in [-0.1, -0.05) is 38.5 Å². The molecule has 0 aromatic rings. The van der Waals surface area contributed by atoms with E-state index in [0.717, 1.165) is 25.7 Å². The number of hydrogen-bond acceptors (Lipinski definition) is 3. The minimum absolute atomic E-state index is 0.310. The lowest BCUT2D eigenvalue weighted by molar-refractivity contribution is -0.289. The second-order valence-corrected chi connectivity index (χ2v) is 6.56. The van der Waals surface area contributed by atoms with Crippen LogP contribution in [0.15, 0.2) is 0 Å². The van der Waals surface area contributed by atoms with Crippen molar-refractivity contribution in [1.29, 1.82) is 0 Å². The highest BCUT2D eigenvalue weighted by molar-refractivity contribution is 6.89. The van der Waals surface area contributed by atoms with Gasteiger partial charge in [-0.25, -0.2) is 0 Å². The number of halogens is 1. The monoisotopic (exact) mass is 292 g/mol. The number of ether oxygens (including phenoxy) is 2. The van der Waals surface area contributed by atoms with Crippen molar-refractivity contribution in [2.75, 3.05) is 0 Å². The summed E-state index contributed by atoms with van der Waals surface area (Å²) in [6, 6.07) is 0. The second-order valence-electron chi connectivity index (χ2n) is 5.36. The fourth-order valence-electron chi connectivity index (χ4n) is 2.88. The van der Waals surface area contributed by atoms with Gasteiger partial charge < -0.3 is 13.9 Å². The zero-order valence-corrected chi connectivity index (χ0v) is 13.3. The van der Waals surface area contributed by atoms with Crippen molar-refractivity contribution in [2.24, 2.45) is 0 Å². The van der Waals surface area contributed by atoms with E-state index in [0.29, 0.717) is 12.2 Å². The summed E-state index contributed by atoms with van der Waals surface area (Å²) >= 11 is 5.79. The minimum Gasteiger partial charge on any atom is -0.362 e. The third-order valence-electron chi connectivity index (χ3n) is 3.91. The Hall–Kier alpha value is 0.387. The standard InChI is InChI=1S/C13H25ClO3Si/c14-18-17-13(15-11-7-3-1-4-8-11)16-12-9-5-2-6-10-12/h11-13H,1-10,18H2. The third kappa shape index (κ3) is 5.17. The summed E-state index contributed by atoms with van der Waals surface area (Å²) in [4.78, 5) is 0. The molecule has 2 rings (SSSR count). The summed E-state index contributed by atoms with van der Waals surface area (Å²) in [5, 5.41) is 0. The molecule has 0 atom stereocenters. The van der Waals surface area contributed by atoms with E-state index in [4.69, 9.17) is 25.0 Å². The van der Waals surface area contributed by atoms with Crippen LogP contribution < -0.4 is 0 Å². The van der Waals surface area contributed by atoms with E-state index < -0.39 is 15.5 Å². The van der Waals surface area contributed by atoms with Gasteiger partial charge in [-0.15, -0.1) is 11.1 Å². The Morgan fingerprint density at radius 2 is 1.22 bits per heavy atom. The fourth-order valence-corrected chi connectivity index (χ4v) is 3.45. The van der Waals surface area contributed by atoms with Crippen molar-refractivity contribution < 1.29 is 13.9 Å². The molecule has 2 aliphatic rings. The maximum absolute atomic E-state index is 5.94. The summed E-state index contributed by atoms with van der Waals surface area (Å²) in [7, 11) is -1.00. The topological polar surface area (TPSA) is 27.7 Å². The predicted molar refractivity (Wildman–Crippen MR) is 75.2 cm³/mol. The summed E-state index contributed by atoms with van der Waals surface area (Å²) in [5.41, 5.74) is 0. The molecule has 0 aromatic heterocycles. The zero-order chi connectivity index (χ0) is 12.6. The van der Waals surface area contributed by atoms with Gasteiger partial charge in [-0.3, -0.25) is 0 Å². The molecule has 0 unspecified atom stereocenters. The number of hydrogen-bond donors (Lipinski definition) is 0. The van der Waals surface area contributed by atoms with Crippen LogP contribution in [0.2, 0.25) is 0 Å². The van der Waals surface area contributed by atoms with Crippen LogP contribution in [-0.2, 0) is 13.9 Å². The molecule has 2 fully saturated rings.